The topological polar surface area (TPSA) is 194 Å². The fraction of sp³-hybridized carbons (Fsp3) is 0.583. The number of nitrogens with two attached hydrogens (primary N) is 2. The Balaban J connectivity index is 5.01. The van der Waals surface area contributed by atoms with Gasteiger partial charge in [-0.1, -0.05) is 0 Å². The van der Waals surface area contributed by atoms with Gasteiger partial charge < -0.3 is 32.5 Å². The lowest BCUT2D eigenvalue weighted by Gasteiger charge is -2.22. The van der Waals surface area contributed by atoms with Crippen molar-refractivity contribution in [1.82, 2.24) is 16.0 Å². The lowest BCUT2D eigenvalue weighted by molar-refractivity contribution is -0.141. The van der Waals surface area contributed by atoms with E-state index in [4.69, 9.17) is 16.6 Å². The summed E-state index contributed by atoms with van der Waals surface area (Å²) in [5.41, 5.74) is 10.1. The maximum atomic E-state index is 12.2. The fourth-order valence-electron chi connectivity index (χ4n) is 1.59. The zero-order valence-corrected chi connectivity index (χ0v) is 14.9. The Labute approximate surface area is 154 Å². The SMILES string of the molecule is NCC(=O)NC(CC(N)=O)C(=O)NC(CS)C(=O)NC(CS)C(=O)O. The summed E-state index contributed by atoms with van der Waals surface area (Å²) in [4.78, 5) is 57.5. The first-order chi connectivity index (χ1) is 11.7. The van der Waals surface area contributed by atoms with Crippen molar-refractivity contribution in [1.29, 1.82) is 0 Å². The number of carbonyl (C=O) groups is 5. The highest BCUT2D eigenvalue weighted by molar-refractivity contribution is 7.80. The van der Waals surface area contributed by atoms with Gasteiger partial charge in [0.1, 0.15) is 18.1 Å². The Morgan fingerprint density at radius 3 is 1.76 bits per heavy atom. The molecule has 3 unspecified atom stereocenters. The highest BCUT2D eigenvalue weighted by atomic mass is 32.1. The minimum absolute atomic E-state index is 0.162. The zero-order chi connectivity index (χ0) is 19.6. The van der Waals surface area contributed by atoms with E-state index >= 15 is 0 Å². The molecule has 25 heavy (non-hydrogen) atoms. The third-order valence-electron chi connectivity index (χ3n) is 2.86. The number of carbonyl (C=O) groups excluding carboxylic acids is 4. The van der Waals surface area contributed by atoms with Crippen LogP contribution in [0.1, 0.15) is 6.42 Å². The summed E-state index contributed by atoms with van der Waals surface area (Å²) >= 11 is 7.72. The Hall–Kier alpha value is -1.99. The van der Waals surface area contributed by atoms with Gasteiger partial charge in [0.25, 0.3) is 0 Å². The zero-order valence-electron chi connectivity index (χ0n) is 13.1. The van der Waals surface area contributed by atoms with E-state index in [9.17, 15) is 24.0 Å². The van der Waals surface area contributed by atoms with Crippen molar-refractivity contribution in [2.75, 3.05) is 18.1 Å². The first kappa shape index (κ1) is 23.0. The molecular formula is C12H21N5O6S2. The molecule has 0 aromatic carbocycles. The molecule has 0 rings (SSSR count). The van der Waals surface area contributed by atoms with Crippen LogP contribution in [0.2, 0.25) is 0 Å². The van der Waals surface area contributed by atoms with E-state index in [-0.39, 0.29) is 11.5 Å². The molecule has 3 atom stereocenters. The minimum Gasteiger partial charge on any atom is -0.480 e. The number of primary amides is 1. The highest BCUT2D eigenvalue weighted by Crippen LogP contribution is 1.98. The quantitative estimate of drug-likeness (QED) is 0.164. The Morgan fingerprint density at radius 1 is 0.880 bits per heavy atom. The van der Waals surface area contributed by atoms with Gasteiger partial charge in [-0.2, -0.15) is 25.3 Å². The van der Waals surface area contributed by atoms with Crippen molar-refractivity contribution in [3.05, 3.63) is 0 Å². The molecule has 0 saturated carbocycles. The van der Waals surface area contributed by atoms with E-state index in [0.29, 0.717) is 0 Å². The summed E-state index contributed by atoms with van der Waals surface area (Å²) in [5.74, 6) is -4.86. The highest BCUT2D eigenvalue weighted by Gasteiger charge is 2.29. The first-order valence-electron chi connectivity index (χ1n) is 6.99. The molecule has 0 heterocycles. The fourth-order valence-corrected chi connectivity index (χ4v) is 2.09. The van der Waals surface area contributed by atoms with Crippen molar-refractivity contribution in [3.8, 4) is 0 Å². The van der Waals surface area contributed by atoms with Crippen LogP contribution in [-0.4, -0.2) is 70.9 Å². The van der Waals surface area contributed by atoms with Crippen LogP contribution in [0, 0.1) is 0 Å². The Kier molecular flexibility index (Phi) is 10.6. The molecule has 0 aliphatic carbocycles. The predicted molar refractivity (Wildman–Crippen MR) is 94.0 cm³/mol. The normalized spacial score (nSPS) is 13.9. The monoisotopic (exact) mass is 395 g/mol. The summed E-state index contributed by atoms with van der Waals surface area (Å²) in [7, 11) is 0. The summed E-state index contributed by atoms with van der Waals surface area (Å²) in [6.07, 6.45) is -0.507. The predicted octanol–water partition coefficient (Wildman–Crippen LogP) is -3.78. The van der Waals surface area contributed by atoms with Gasteiger partial charge in [-0.15, -0.1) is 0 Å². The molecule has 0 fully saturated rings. The van der Waals surface area contributed by atoms with E-state index < -0.39 is 60.7 Å². The van der Waals surface area contributed by atoms with Gasteiger partial charge in [-0.25, -0.2) is 4.79 Å². The summed E-state index contributed by atoms with van der Waals surface area (Å²) in [6.45, 7) is -0.415. The molecule has 8 N–H and O–H groups in total. The third kappa shape index (κ3) is 8.60. The van der Waals surface area contributed by atoms with Crippen molar-refractivity contribution < 1.29 is 29.1 Å². The number of thiol groups is 2. The molecule has 0 aromatic rings. The van der Waals surface area contributed by atoms with E-state index in [2.05, 4.69) is 41.2 Å². The van der Waals surface area contributed by atoms with Crippen LogP contribution < -0.4 is 27.4 Å². The molecule has 0 bridgehead atoms. The molecule has 0 aliphatic heterocycles. The molecule has 142 valence electrons. The van der Waals surface area contributed by atoms with Gasteiger partial charge in [0, 0.05) is 11.5 Å². The van der Waals surface area contributed by atoms with Gasteiger partial charge in [0.15, 0.2) is 0 Å². The van der Waals surface area contributed by atoms with Crippen molar-refractivity contribution in [2.45, 2.75) is 24.5 Å². The summed E-state index contributed by atoms with van der Waals surface area (Å²) < 4.78 is 0. The Bertz CT molecular complexity index is 532. The standard InChI is InChI=1S/C12H21N5O6S2/c13-2-9(19)15-5(1-8(14)18)10(20)16-6(3-24)11(21)17-7(4-25)12(22)23/h5-7,24-25H,1-4,13H2,(H2,14,18)(H,15,19)(H,16,20)(H,17,21)(H,22,23). The average Bonchev–Trinajstić information content (AvgIpc) is 2.55. The first-order valence-corrected chi connectivity index (χ1v) is 8.25. The number of carboxylic acids is 1. The van der Waals surface area contributed by atoms with Gasteiger partial charge in [0.2, 0.25) is 23.6 Å². The van der Waals surface area contributed by atoms with Gasteiger partial charge >= 0.3 is 5.97 Å². The lowest BCUT2D eigenvalue weighted by atomic mass is 10.1. The van der Waals surface area contributed by atoms with Gasteiger partial charge in [0.05, 0.1) is 13.0 Å². The van der Waals surface area contributed by atoms with E-state index in [0.717, 1.165) is 0 Å². The van der Waals surface area contributed by atoms with Crippen LogP contribution in [-0.2, 0) is 24.0 Å². The number of amides is 4. The molecule has 0 spiro atoms. The van der Waals surface area contributed by atoms with Crippen LogP contribution in [0.25, 0.3) is 0 Å². The van der Waals surface area contributed by atoms with Crippen molar-refractivity contribution in [2.24, 2.45) is 11.5 Å². The van der Waals surface area contributed by atoms with Crippen LogP contribution >= 0.6 is 25.3 Å². The van der Waals surface area contributed by atoms with Crippen molar-refractivity contribution in [3.63, 3.8) is 0 Å². The average molecular weight is 395 g/mol. The van der Waals surface area contributed by atoms with Crippen LogP contribution in [0.15, 0.2) is 0 Å². The number of rotatable bonds is 11. The molecule has 0 aliphatic rings. The largest absolute Gasteiger partial charge is 0.480 e. The molecule has 0 aromatic heterocycles. The molecule has 13 heteroatoms. The number of hydrogen-bond acceptors (Lipinski definition) is 8. The maximum Gasteiger partial charge on any atom is 0.327 e. The molecule has 0 saturated heterocycles. The van der Waals surface area contributed by atoms with Crippen LogP contribution in [0.3, 0.4) is 0 Å². The van der Waals surface area contributed by atoms with Crippen molar-refractivity contribution >= 4 is 54.9 Å². The van der Waals surface area contributed by atoms with Gasteiger partial charge in [-0.05, 0) is 0 Å². The van der Waals surface area contributed by atoms with Crippen LogP contribution in [0.5, 0.6) is 0 Å². The molecule has 4 amide bonds. The third-order valence-corrected chi connectivity index (χ3v) is 3.59. The maximum absolute atomic E-state index is 12.2. The number of nitrogens with one attached hydrogen (secondary N) is 3. The lowest BCUT2D eigenvalue weighted by Crippen LogP contribution is -2.57. The van der Waals surface area contributed by atoms with Gasteiger partial charge in [-0.3, -0.25) is 19.2 Å². The summed E-state index contributed by atoms with van der Waals surface area (Å²) in [6, 6.07) is -3.79. The number of carboxylic acid groups (broad SMARTS) is 1. The minimum atomic E-state index is -1.33. The summed E-state index contributed by atoms with van der Waals surface area (Å²) in [5, 5.41) is 15.5. The Morgan fingerprint density at radius 2 is 1.36 bits per heavy atom. The molecular weight excluding hydrogens is 374 g/mol. The second-order valence-corrected chi connectivity index (χ2v) is 5.55. The second kappa shape index (κ2) is 11.5. The molecule has 0 radical (unpaired) electrons. The smallest absolute Gasteiger partial charge is 0.327 e. The number of aliphatic carboxylic acids is 1. The van der Waals surface area contributed by atoms with E-state index in [1.807, 2.05) is 0 Å². The molecule has 11 nitrogen and oxygen atoms in total. The van der Waals surface area contributed by atoms with E-state index in [1.165, 1.54) is 0 Å². The van der Waals surface area contributed by atoms with E-state index in [1.54, 1.807) is 0 Å². The number of hydrogen-bond donors (Lipinski definition) is 8. The second-order valence-electron chi connectivity index (χ2n) is 4.82. The van der Waals surface area contributed by atoms with Crippen LogP contribution in [0.4, 0.5) is 0 Å².